The van der Waals surface area contributed by atoms with Crippen molar-refractivity contribution in [3.8, 4) is 0 Å². The van der Waals surface area contributed by atoms with E-state index in [1.807, 2.05) is 0 Å². The molecule has 0 aromatic heterocycles. The average molecular weight is 199 g/mol. The molecule has 0 aromatic carbocycles. The van der Waals surface area contributed by atoms with Gasteiger partial charge in [0.15, 0.2) is 0 Å². The van der Waals surface area contributed by atoms with Crippen LogP contribution >= 0.6 is 11.8 Å². The van der Waals surface area contributed by atoms with E-state index in [1.54, 1.807) is 0 Å². The van der Waals surface area contributed by atoms with Crippen LogP contribution in [0.3, 0.4) is 0 Å². The third-order valence-corrected chi connectivity index (χ3v) is 4.86. The van der Waals surface area contributed by atoms with Crippen molar-refractivity contribution in [1.82, 2.24) is 5.32 Å². The van der Waals surface area contributed by atoms with Crippen LogP contribution in [-0.2, 0) is 4.79 Å². The fraction of sp³-hybridized carbons (Fsp3) is 0.900. The summed E-state index contributed by atoms with van der Waals surface area (Å²) in [4.78, 5) is 11.1. The van der Waals surface area contributed by atoms with Gasteiger partial charge in [0, 0.05) is 17.7 Å². The minimum atomic E-state index is 0.248. The van der Waals surface area contributed by atoms with E-state index in [0.29, 0.717) is 10.7 Å². The van der Waals surface area contributed by atoms with E-state index >= 15 is 0 Å². The molecule has 2 fully saturated rings. The summed E-state index contributed by atoms with van der Waals surface area (Å²) in [6.07, 6.45) is 2.05. The molecule has 3 heteroatoms. The van der Waals surface area contributed by atoms with Crippen molar-refractivity contribution in [1.29, 1.82) is 0 Å². The Kier molecular flexibility index (Phi) is 2.30. The largest absolute Gasteiger partial charge is 0.356 e. The molecular weight excluding hydrogens is 182 g/mol. The van der Waals surface area contributed by atoms with Gasteiger partial charge >= 0.3 is 0 Å². The van der Waals surface area contributed by atoms with Crippen LogP contribution in [0, 0.1) is 11.8 Å². The maximum Gasteiger partial charge on any atom is 0.220 e. The summed E-state index contributed by atoms with van der Waals surface area (Å²) < 4.78 is 0.386. The Hall–Kier alpha value is -0.180. The van der Waals surface area contributed by atoms with Crippen LogP contribution < -0.4 is 5.32 Å². The molecule has 2 heterocycles. The number of hydrogen-bond acceptors (Lipinski definition) is 2. The maximum atomic E-state index is 11.1. The summed E-state index contributed by atoms with van der Waals surface area (Å²) in [6, 6.07) is 0. The molecule has 2 nitrogen and oxygen atoms in total. The molecule has 0 radical (unpaired) electrons. The first-order valence-electron chi connectivity index (χ1n) is 5.00. The summed E-state index contributed by atoms with van der Waals surface area (Å²) >= 11 is 2.06. The van der Waals surface area contributed by atoms with Crippen LogP contribution in [0.15, 0.2) is 0 Å². The monoisotopic (exact) mass is 199 g/mol. The van der Waals surface area contributed by atoms with E-state index in [0.717, 1.165) is 18.9 Å². The Morgan fingerprint density at radius 1 is 1.54 bits per heavy atom. The number of nitrogens with one attached hydrogen (secondary N) is 1. The van der Waals surface area contributed by atoms with Gasteiger partial charge in [-0.3, -0.25) is 4.79 Å². The van der Waals surface area contributed by atoms with Crippen LogP contribution in [-0.4, -0.2) is 23.0 Å². The molecule has 74 valence electrons. The topological polar surface area (TPSA) is 29.1 Å². The van der Waals surface area contributed by atoms with Crippen molar-refractivity contribution >= 4 is 17.7 Å². The minimum Gasteiger partial charge on any atom is -0.356 e. The van der Waals surface area contributed by atoms with Crippen molar-refractivity contribution in [2.75, 3.05) is 12.3 Å². The number of carbonyl (C=O) groups is 1. The van der Waals surface area contributed by atoms with Crippen molar-refractivity contribution in [3.63, 3.8) is 0 Å². The van der Waals surface area contributed by atoms with Crippen LogP contribution in [0.4, 0.5) is 0 Å². The lowest BCUT2D eigenvalue weighted by atomic mass is 9.81. The molecule has 2 aliphatic heterocycles. The van der Waals surface area contributed by atoms with Gasteiger partial charge in [0.25, 0.3) is 0 Å². The van der Waals surface area contributed by atoms with Crippen LogP contribution in [0.2, 0.25) is 0 Å². The second-order valence-corrected chi connectivity index (χ2v) is 6.36. The standard InChI is InChI=1S/C10H17NOS/c1-10(2)8(3-4-13-10)7-5-9(12)11-6-7/h7-8H,3-6H2,1-2H3,(H,11,12). The fourth-order valence-corrected chi connectivity index (χ4v) is 4.04. The van der Waals surface area contributed by atoms with Gasteiger partial charge in [-0.1, -0.05) is 13.8 Å². The maximum absolute atomic E-state index is 11.1. The second-order valence-electron chi connectivity index (χ2n) is 4.62. The molecule has 2 unspecified atom stereocenters. The second kappa shape index (κ2) is 3.19. The van der Waals surface area contributed by atoms with Gasteiger partial charge in [0.2, 0.25) is 5.91 Å². The zero-order chi connectivity index (χ0) is 9.47. The molecule has 13 heavy (non-hydrogen) atoms. The number of thioether (sulfide) groups is 1. The van der Waals surface area contributed by atoms with Gasteiger partial charge < -0.3 is 5.32 Å². The zero-order valence-electron chi connectivity index (χ0n) is 8.30. The minimum absolute atomic E-state index is 0.248. The van der Waals surface area contributed by atoms with E-state index in [-0.39, 0.29) is 5.91 Å². The molecule has 2 saturated heterocycles. The lowest BCUT2D eigenvalue weighted by molar-refractivity contribution is -0.119. The molecule has 1 N–H and O–H groups in total. The quantitative estimate of drug-likeness (QED) is 0.696. The molecule has 0 aromatic rings. The highest BCUT2D eigenvalue weighted by atomic mass is 32.2. The molecule has 2 atom stereocenters. The van der Waals surface area contributed by atoms with Gasteiger partial charge in [-0.05, 0) is 24.0 Å². The fourth-order valence-electron chi connectivity index (χ4n) is 2.62. The van der Waals surface area contributed by atoms with Crippen LogP contribution in [0.5, 0.6) is 0 Å². The average Bonchev–Trinajstić information content (AvgIpc) is 2.56. The molecule has 1 amide bonds. The smallest absolute Gasteiger partial charge is 0.220 e. The van der Waals surface area contributed by atoms with Crippen molar-refractivity contribution in [3.05, 3.63) is 0 Å². The number of hydrogen-bond donors (Lipinski definition) is 1. The Morgan fingerprint density at radius 2 is 2.31 bits per heavy atom. The highest BCUT2D eigenvalue weighted by Gasteiger charge is 2.42. The van der Waals surface area contributed by atoms with Crippen molar-refractivity contribution in [2.45, 2.75) is 31.4 Å². The Morgan fingerprint density at radius 3 is 2.77 bits per heavy atom. The molecule has 0 spiro atoms. The highest BCUT2D eigenvalue weighted by Crippen LogP contribution is 2.47. The summed E-state index contributed by atoms with van der Waals surface area (Å²) in [6.45, 7) is 5.55. The summed E-state index contributed by atoms with van der Waals surface area (Å²) in [5, 5.41) is 2.94. The number of carbonyl (C=O) groups excluding carboxylic acids is 1. The van der Waals surface area contributed by atoms with E-state index in [4.69, 9.17) is 0 Å². The first kappa shape index (κ1) is 9.38. The molecule has 0 saturated carbocycles. The lowest BCUT2D eigenvalue weighted by Gasteiger charge is -2.29. The first-order chi connectivity index (χ1) is 6.09. The summed E-state index contributed by atoms with van der Waals surface area (Å²) in [7, 11) is 0. The first-order valence-corrected chi connectivity index (χ1v) is 5.99. The molecule has 2 aliphatic rings. The third-order valence-electron chi connectivity index (χ3n) is 3.37. The SMILES string of the molecule is CC1(C)SCCC1C1CNC(=O)C1. The zero-order valence-corrected chi connectivity index (χ0v) is 9.12. The molecule has 0 bridgehead atoms. The van der Waals surface area contributed by atoms with Gasteiger partial charge in [0.1, 0.15) is 0 Å². The summed E-state index contributed by atoms with van der Waals surface area (Å²) in [5.74, 6) is 2.84. The van der Waals surface area contributed by atoms with Gasteiger partial charge in [0.05, 0.1) is 0 Å². The Balaban J connectivity index is 2.04. The Bertz CT molecular complexity index is 227. The van der Waals surface area contributed by atoms with Crippen molar-refractivity contribution < 1.29 is 4.79 Å². The van der Waals surface area contributed by atoms with Gasteiger partial charge in [-0.15, -0.1) is 0 Å². The summed E-state index contributed by atoms with van der Waals surface area (Å²) in [5.41, 5.74) is 0. The lowest BCUT2D eigenvalue weighted by Crippen LogP contribution is -2.30. The van der Waals surface area contributed by atoms with Crippen LogP contribution in [0.25, 0.3) is 0 Å². The third kappa shape index (κ3) is 1.71. The van der Waals surface area contributed by atoms with E-state index in [2.05, 4.69) is 30.9 Å². The molecular formula is C10H17NOS. The number of rotatable bonds is 1. The predicted molar refractivity (Wildman–Crippen MR) is 55.8 cm³/mol. The van der Waals surface area contributed by atoms with Gasteiger partial charge in [-0.25, -0.2) is 0 Å². The van der Waals surface area contributed by atoms with E-state index in [1.165, 1.54) is 12.2 Å². The Labute approximate surface area is 83.8 Å². The molecule has 2 rings (SSSR count). The molecule has 0 aliphatic carbocycles. The highest BCUT2D eigenvalue weighted by molar-refractivity contribution is 8.00. The predicted octanol–water partition coefficient (Wildman–Crippen LogP) is 1.65. The normalized spacial score (nSPS) is 37.8. The van der Waals surface area contributed by atoms with Gasteiger partial charge in [-0.2, -0.15) is 11.8 Å². The van der Waals surface area contributed by atoms with Crippen LogP contribution in [0.1, 0.15) is 26.7 Å². The van der Waals surface area contributed by atoms with E-state index < -0.39 is 0 Å². The van der Waals surface area contributed by atoms with E-state index in [9.17, 15) is 4.79 Å². The number of amides is 1. The van der Waals surface area contributed by atoms with Crippen molar-refractivity contribution in [2.24, 2.45) is 11.8 Å².